The van der Waals surface area contributed by atoms with E-state index in [0.717, 1.165) is 12.8 Å². The lowest BCUT2D eigenvalue weighted by molar-refractivity contribution is 0.0685. The number of carboxylic acid groups (broad SMARTS) is 1. The van der Waals surface area contributed by atoms with Crippen LogP contribution in [0.2, 0.25) is 0 Å². The van der Waals surface area contributed by atoms with E-state index >= 15 is 0 Å². The van der Waals surface area contributed by atoms with Gasteiger partial charge in [0.15, 0.2) is 0 Å². The van der Waals surface area contributed by atoms with E-state index in [1.807, 2.05) is 0 Å². The maximum atomic E-state index is 10.5. The average Bonchev–Trinajstić information content (AvgIpc) is 2.04. The van der Waals surface area contributed by atoms with Gasteiger partial charge in [0.1, 0.15) is 0 Å². The Bertz CT molecular complexity index is 162. The molecule has 0 aromatic carbocycles. The van der Waals surface area contributed by atoms with Crippen LogP contribution in [-0.2, 0) is 0 Å². The van der Waals surface area contributed by atoms with Gasteiger partial charge < -0.3 is 15.1 Å². The van der Waals surface area contributed by atoms with Crippen LogP contribution in [0.25, 0.3) is 0 Å². The molecule has 4 heteroatoms. The van der Waals surface area contributed by atoms with Gasteiger partial charge in [-0.2, -0.15) is 0 Å². The number of aliphatic hydroxyl groups is 1. The standard InChI is InChI=1S/C8H15NO3/c1-6(10)7-2-4-9(5-3-7)8(11)12/h6-7,10H,2-5H2,1H3,(H,11,12)/t6-/m0/s1. The van der Waals surface area contributed by atoms with E-state index in [-0.39, 0.29) is 12.0 Å². The Labute approximate surface area is 71.8 Å². The molecule has 0 aliphatic carbocycles. The summed E-state index contributed by atoms with van der Waals surface area (Å²) in [4.78, 5) is 11.9. The monoisotopic (exact) mass is 173 g/mol. The summed E-state index contributed by atoms with van der Waals surface area (Å²) in [5, 5.41) is 17.9. The number of carbonyl (C=O) groups is 1. The molecule has 1 amide bonds. The Kier molecular flexibility index (Phi) is 2.92. The second-order valence-electron chi connectivity index (χ2n) is 3.35. The zero-order chi connectivity index (χ0) is 9.14. The van der Waals surface area contributed by atoms with Crippen LogP contribution in [0.4, 0.5) is 4.79 Å². The van der Waals surface area contributed by atoms with Crippen LogP contribution >= 0.6 is 0 Å². The molecule has 1 aliphatic rings. The number of piperidine rings is 1. The lowest BCUT2D eigenvalue weighted by Crippen LogP contribution is -2.39. The summed E-state index contributed by atoms with van der Waals surface area (Å²) in [7, 11) is 0. The third kappa shape index (κ3) is 2.11. The number of amides is 1. The average molecular weight is 173 g/mol. The predicted octanol–water partition coefficient (Wildman–Crippen LogP) is 0.757. The highest BCUT2D eigenvalue weighted by Crippen LogP contribution is 2.20. The van der Waals surface area contributed by atoms with Crippen molar-refractivity contribution in [3.05, 3.63) is 0 Å². The van der Waals surface area contributed by atoms with Crippen LogP contribution in [0, 0.1) is 5.92 Å². The highest BCUT2D eigenvalue weighted by Gasteiger charge is 2.24. The molecule has 1 saturated heterocycles. The maximum Gasteiger partial charge on any atom is 0.407 e. The van der Waals surface area contributed by atoms with Crippen molar-refractivity contribution in [1.82, 2.24) is 4.90 Å². The van der Waals surface area contributed by atoms with E-state index in [1.54, 1.807) is 6.92 Å². The minimum absolute atomic E-state index is 0.278. The molecule has 0 unspecified atom stereocenters. The highest BCUT2D eigenvalue weighted by molar-refractivity contribution is 5.64. The molecule has 4 nitrogen and oxygen atoms in total. The molecule has 0 spiro atoms. The fourth-order valence-electron chi connectivity index (χ4n) is 1.57. The van der Waals surface area contributed by atoms with Gasteiger partial charge in [-0.3, -0.25) is 0 Å². The summed E-state index contributed by atoms with van der Waals surface area (Å²) in [5.74, 6) is 0.278. The Morgan fingerprint density at radius 2 is 2.00 bits per heavy atom. The van der Waals surface area contributed by atoms with E-state index in [9.17, 15) is 9.90 Å². The second kappa shape index (κ2) is 3.76. The fraction of sp³-hybridized carbons (Fsp3) is 0.875. The van der Waals surface area contributed by atoms with Crippen LogP contribution in [0.5, 0.6) is 0 Å². The molecule has 0 aromatic rings. The van der Waals surface area contributed by atoms with Gasteiger partial charge in [0, 0.05) is 13.1 Å². The number of aliphatic hydroxyl groups excluding tert-OH is 1. The van der Waals surface area contributed by atoms with Crippen LogP contribution in [-0.4, -0.2) is 40.4 Å². The Morgan fingerprint density at radius 1 is 1.50 bits per heavy atom. The van der Waals surface area contributed by atoms with Gasteiger partial charge in [-0.05, 0) is 25.7 Å². The van der Waals surface area contributed by atoms with Crippen molar-refractivity contribution in [3.8, 4) is 0 Å². The van der Waals surface area contributed by atoms with Gasteiger partial charge >= 0.3 is 6.09 Å². The van der Waals surface area contributed by atoms with E-state index < -0.39 is 6.09 Å². The Hall–Kier alpha value is -0.770. The van der Waals surface area contributed by atoms with Crippen LogP contribution < -0.4 is 0 Å². The highest BCUT2D eigenvalue weighted by atomic mass is 16.4. The van der Waals surface area contributed by atoms with Crippen molar-refractivity contribution in [2.75, 3.05) is 13.1 Å². The van der Waals surface area contributed by atoms with Crippen LogP contribution in [0.1, 0.15) is 19.8 Å². The van der Waals surface area contributed by atoms with Crippen molar-refractivity contribution in [2.24, 2.45) is 5.92 Å². The Morgan fingerprint density at radius 3 is 2.33 bits per heavy atom. The minimum Gasteiger partial charge on any atom is -0.465 e. The van der Waals surface area contributed by atoms with Crippen LogP contribution in [0.15, 0.2) is 0 Å². The fourth-order valence-corrected chi connectivity index (χ4v) is 1.57. The largest absolute Gasteiger partial charge is 0.465 e. The zero-order valence-corrected chi connectivity index (χ0v) is 7.23. The first-order valence-corrected chi connectivity index (χ1v) is 4.27. The molecular formula is C8H15NO3. The first kappa shape index (κ1) is 9.32. The molecule has 12 heavy (non-hydrogen) atoms. The lowest BCUT2D eigenvalue weighted by Gasteiger charge is -2.31. The normalized spacial score (nSPS) is 22.3. The van der Waals surface area contributed by atoms with E-state index in [0.29, 0.717) is 13.1 Å². The molecule has 1 fully saturated rings. The molecule has 0 saturated carbocycles. The van der Waals surface area contributed by atoms with Gasteiger partial charge in [0.05, 0.1) is 6.10 Å². The first-order valence-electron chi connectivity index (χ1n) is 4.27. The van der Waals surface area contributed by atoms with Gasteiger partial charge in [-0.25, -0.2) is 4.79 Å². The van der Waals surface area contributed by atoms with Gasteiger partial charge in [0.2, 0.25) is 0 Å². The van der Waals surface area contributed by atoms with Crippen molar-refractivity contribution in [3.63, 3.8) is 0 Å². The van der Waals surface area contributed by atoms with Crippen molar-refractivity contribution in [1.29, 1.82) is 0 Å². The quantitative estimate of drug-likeness (QED) is 0.615. The lowest BCUT2D eigenvalue weighted by atomic mass is 9.92. The number of hydrogen-bond acceptors (Lipinski definition) is 2. The Balaban J connectivity index is 2.34. The smallest absolute Gasteiger partial charge is 0.407 e. The summed E-state index contributed by atoms with van der Waals surface area (Å²) < 4.78 is 0. The molecule has 1 heterocycles. The number of hydrogen-bond donors (Lipinski definition) is 2. The predicted molar refractivity (Wildman–Crippen MR) is 44.0 cm³/mol. The maximum absolute atomic E-state index is 10.5. The molecule has 70 valence electrons. The molecule has 0 aromatic heterocycles. The van der Waals surface area contributed by atoms with E-state index in [1.165, 1.54) is 4.90 Å². The van der Waals surface area contributed by atoms with E-state index in [4.69, 9.17) is 5.11 Å². The summed E-state index contributed by atoms with van der Waals surface area (Å²) in [6.07, 6.45) is 0.411. The molecule has 0 radical (unpaired) electrons. The number of rotatable bonds is 1. The summed E-state index contributed by atoms with van der Waals surface area (Å²) in [5.41, 5.74) is 0. The topological polar surface area (TPSA) is 60.8 Å². The SMILES string of the molecule is C[C@H](O)C1CCN(C(=O)O)CC1. The van der Waals surface area contributed by atoms with Gasteiger partial charge in [-0.1, -0.05) is 0 Å². The van der Waals surface area contributed by atoms with E-state index in [2.05, 4.69) is 0 Å². The molecule has 1 rings (SSSR count). The molecule has 1 aliphatic heterocycles. The summed E-state index contributed by atoms with van der Waals surface area (Å²) >= 11 is 0. The third-order valence-electron chi connectivity index (χ3n) is 2.49. The minimum atomic E-state index is -0.848. The second-order valence-corrected chi connectivity index (χ2v) is 3.35. The van der Waals surface area contributed by atoms with Crippen molar-refractivity contribution < 1.29 is 15.0 Å². The third-order valence-corrected chi connectivity index (χ3v) is 2.49. The van der Waals surface area contributed by atoms with Crippen molar-refractivity contribution in [2.45, 2.75) is 25.9 Å². The van der Waals surface area contributed by atoms with Gasteiger partial charge in [0.25, 0.3) is 0 Å². The first-order chi connectivity index (χ1) is 5.61. The molecule has 1 atom stereocenters. The molecule has 2 N–H and O–H groups in total. The van der Waals surface area contributed by atoms with Gasteiger partial charge in [-0.15, -0.1) is 0 Å². The zero-order valence-electron chi connectivity index (χ0n) is 7.23. The number of nitrogens with zero attached hydrogens (tertiary/aromatic N) is 1. The number of likely N-dealkylation sites (tertiary alicyclic amines) is 1. The summed E-state index contributed by atoms with van der Waals surface area (Å²) in [6, 6.07) is 0. The molecular weight excluding hydrogens is 158 g/mol. The molecule has 0 bridgehead atoms. The van der Waals surface area contributed by atoms with Crippen molar-refractivity contribution >= 4 is 6.09 Å². The summed E-state index contributed by atoms with van der Waals surface area (Å²) in [6.45, 7) is 2.89. The van der Waals surface area contributed by atoms with Crippen LogP contribution in [0.3, 0.4) is 0 Å².